The number of halogens is 1. The molecule has 1 saturated heterocycles. The number of amides is 2. The zero-order chi connectivity index (χ0) is 24.2. The number of imide groups is 1. The van der Waals surface area contributed by atoms with Crippen molar-refractivity contribution in [1.82, 2.24) is 4.90 Å². The first-order valence-corrected chi connectivity index (χ1v) is 11.9. The lowest BCUT2D eigenvalue weighted by Crippen LogP contribution is -2.27. The van der Waals surface area contributed by atoms with Crippen LogP contribution in [0, 0.1) is 13.8 Å². The maximum atomic E-state index is 12.9. The van der Waals surface area contributed by atoms with E-state index in [0.717, 1.165) is 34.0 Å². The molecule has 0 aromatic heterocycles. The van der Waals surface area contributed by atoms with Crippen molar-refractivity contribution in [3.05, 3.63) is 98.4 Å². The van der Waals surface area contributed by atoms with E-state index in [1.165, 1.54) is 12.0 Å². The van der Waals surface area contributed by atoms with Gasteiger partial charge in [0.25, 0.3) is 11.1 Å². The summed E-state index contributed by atoms with van der Waals surface area (Å²) in [6.07, 6.45) is 1.65. The number of ether oxygens (including phenoxy) is 2. The molecular weight excluding hydrogens is 470 g/mol. The minimum absolute atomic E-state index is 0.234. The van der Waals surface area contributed by atoms with Crippen molar-refractivity contribution < 1.29 is 19.1 Å². The fraction of sp³-hybridized carbons (Fsp3) is 0.185. The molecule has 174 valence electrons. The van der Waals surface area contributed by atoms with E-state index in [4.69, 9.17) is 21.1 Å². The number of thioether (sulfide) groups is 1. The van der Waals surface area contributed by atoms with Gasteiger partial charge in [-0.25, -0.2) is 0 Å². The van der Waals surface area contributed by atoms with Gasteiger partial charge < -0.3 is 9.47 Å². The lowest BCUT2D eigenvalue weighted by atomic mass is 10.1. The summed E-state index contributed by atoms with van der Waals surface area (Å²) in [5, 5.41) is 0.0612. The molecule has 0 N–H and O–H groups in total. The first-order valence-electron chi connectivity index (χ1n) is 10.7. The topological polar surface area (TPSA) is 55.8 Å². The first-order chi connectivity index (χ1) is 16.4. The Hall–Kier alpha value is -3.22. The zero-order valence-corrected chi connectivity index (χ0v) is 20.7. The number of hydrogen-bond donors (Lipinski definition) is 0. The number of carbonyl (C=O) groups is 2. The highest BCUT2D eigenvalue weighted by molar-refractivity contribution is 8.18. The highest BCUT2D eigenvalue weighted by Crippen LogP contribution is 2.39. The molecule has 0 unspecified atom stereocenters. The Balaban J connectivity index is 1.53. The van der Waals surface area contributed by atoms with E-state index >= 15 is 0 Å². The summed E-state index contributed by atoms with van der Waals surface area (Å²) in [7, 11) is 1.53. The minimum atomic E-state index is -0.328. The average molecular weight is 494 g/mol. The zero-order valence-electron chi connectivity index (χ0n) is 19.1. The molecule has 0 radical (unpaired) electrons. The molecule has 5 nitrogen and oxygen atoms in total. The van der Waals surface area contributed by atoms with Gasteiger partial charge in [0.05, 0.1) is 23.6 Å². The second-order valence-electron chi connectivity index (χ2n) is 8.00. The van der Waals surface area contributed by atoms with Gasteiger partial charge in [0.2, 0.25) is 0 Å². The van der Waals surface area contributed by atoms with Crippen molar-refractivity contribution in [2.24, 2.45) is 0 Å². The molecule has 0 spiro atoms. The highest BCUT2D eigenvalue weighted by atomic mass is 35.5. The van der Waals surface area contributed by atoms with Crippen LogP contribution in [-0.2, 0) is 17.9 Å². The molecular formula is C27H24ClNO4S. The third-order valence-corrected chi connectivity index (χ3v) is 6.71. The van der Waals surface area contributed by atoms with Crippen LogP contribution in [0.15, 0.2) is 65.6 Å². The summed E-state index contributed by atoms with van der Waals surface area (Å²) in [6, 6.07) is 19.2. The van der Waals surface area contributed by atoms with Gasteiger partial charge in [0.15, 0.2) is 11.5 Å². The second kappa shape index (κ2) is 10.4. The van der Waals surface area contributed by atoms with Gasteiger partial charge in [-0.15, -0.1) is 0 Å². The Bertz CT molecular complexity index is 1270. The third kappa shape index (κ3) is 5.29. The summed E-state index contributed by atoms with van der Waals surface area (Å²) < 4.78 is 11.5. The van der Waals surface area contributed by atoms with Crippen molar-refractivity contribution in [1.29, 1.82) is 0 Å². The molecule has 0 saturated carbocycles. The Morgan fingerprint density at radius 3 is 2.47 bits per heavy atom. The predicted molar refractivity (Wildman–Crippen MR) is 136 cm³/mol. The van der Waals surface area contributed by atoms with Crippen molar-refractivity contribution >= 4 is 40.6 Å². The molecule has 1 aliphatic rings. The Kier molecular flexibility index (Phi) is 7.29. The number of rotatable bonds is 7. The molecule has 1 aliphatic heterocycles. The monoisotopic (exact) mass is 493 g/mol. The van der Waals surface area contributed by atoms with E-state index < -0.39 is 0 Å². The number of aryl methyl sites for hydroxylation is 2. The van der Waals surface area contributed by atoms with Crippen molar-refractivity contribution in [3.63, 3.8) is 0 Å². The standard InChI is InChI=1S/C27H24ClNO4S/c1-17-8-10-19(11-9-17)15-29-26(30)24(34-27(29)31)14-20-12-22(28)25(23(13-20)32-3)33-16-21-7-5-4-6-18(21)2/h4-14H,15-16H2,1-3H3/b24-14-. The lowest BCUT2D eigenvalue weighted by Gasteiger charge is -2.14. The van der Waals surface area contributed by atoms with Gasteiger partial charge in [-0.3, -0.25) is 14.5 Å². The average Bonchev–Trinajstić information content (AvgIpc) is 3.07. The molecule has 2 amide bonds. The quantitative estimate of drug-likeness (QED) is 0.339. The SMILES string of the molecule is COc1cc(/C=C2\SC(=O)N(Cc3ccc(C)cc3)C2=O)cc(Cl)c1OCc1ccccc1C. The highest BCUT2D eigenvalue weighted by Gasteiger charge is 2.35. The second-order valence-corrected chi connectivity index (χ2v) is 9.40. The maximum Gasteiger partial charge on any atom is 0.293 e. The van der Waals surface area contributed by atoms with Crippen LogP contribution in [-0.4, -0.2) is 23.2 Å². The van der Waals surface area contributed by atoms with Crippen LogP contribution >= 0.6 is 23.4 Å². The fourth-order valence-electron chi connectivity index (χ4n) is 3.55. The van der Waals surface area contributed by atoms with Gasteiger partial charge in [0.1, 0.15) is 6.61 Å². The number of benzene rings is 3. The third-order valence-electron chi connectivity index (χ3n) is 5.52. The van der Waals surface area contributed by atoms with Gasteiger partial charge in [-0.2, -0.15) is 0 Å². The number of carbonyl (C=O) groups excluding carboxylic acids is 2. The first kappa shape index (κ1) is 23.9. The van der Waals surface area contributed by atoms with Crippen molar-refractivity contribution in [2.45, 2.75) is 27.0 Å². The van der Waals surface area contributed by atoms with E-state index in [-0.39, 0.29) is 17.7 Å². The molecule has 1 heterocycles. The number of methoxy groups -OCH3 is 1. The summed E-state index contributed by atoms with van der Waals surface area (Å²) in [5.74, 6) is 0.550. The van der Waals surface area contributed by atoms with E-state index in [1.807, 2.05) is 62.4 Å². The van der Waals surface area contributed by atoms with E-state index in [1.54, 1.807) is 18.2 Å². The molecule has 7 heteroatoms. The van der Waals surface area contributed by atoms with Crippen LogP contribution in [0.2, 0.25) is 5.02 Å². The number of nitrogens with zero attached hydrogens (tertiary/aromatic N) is 1. The van der Waals surface area contributed by atoms with Crippen LogP contribution < -0.4 is 9.47 Å². The molecule has 0 aliphatic carbocycles. The van der Waals surface area contributed by atoms with E-state index in [9.17, 15) is 9.59 Å². The summed E-state index contributed by atoms with van der Waals surface area (Å²) in [6.45, 7) is 4.59. The van der Waals surface area contributed by atoms with Gasteiger partial charge in [0, 0.05) is 0 Å². The van der Waals surface area contributed by atoms with Crippen LogP contribution in [0.4, 0.5) is 4.79 Å². The predicted octanol–water partition coefficient (Wildman–Crippen LogP) is 6.78. The minimum Gasteiger partial charge on any atom is -0.493 e. The molecule has 34 heavy (non-hydrogen) atoms. The molecule has 3 aromatic rings. The van der Waals surface area contributed by atoms with Crippen LogP contribution in [0.25, 0.3) is 6.08 Å². The Labute approximate surface area is 208 Å². The molecule has 1 fully saturated rings. The van der Waals surface area contributed by atoms with Gasteiger partial charge >= 0.3 is 0 Å². The maximum absolute atomic E-state index is 12.9. The lowest BCUT2D eigenvalue weighted by molar-refractivity contribution is -0.123. The molecule has 3 aromatic carbocycles. The van der Waals surface area contributed by atoms with Crippen molar-refractivity contribution in [2.75, 3.05) is 7.11 Å². The largest absolute Gasteiger partial charge is 0.493 e. The van der Waals surface area contributed by atoms with E-state index in [0.29, 0.717) is 33.6 Å². The van der Waals surface area contributed by atoms with Crippen LogP contribution in [0.3, 0.4) is 0 Å². The summed E-state index contributed by atoms with van der Waals surface area (Å²) in [5.41, 5.74) is 4.83. The normalized spacial score (nSPS) is 14.7. The Morgan fingerprint density at radius 2 is 1.76 bits per heavy atom. The molecule has 4 rings (SSSR count). The van der Waals surface area contributed by atoms with Gasteiger partial charge in [-0.05, 0) is 66.1 Å². The summed E-state index contributed by atoms with van der Waals surface area (Å²) in [4.78, 5) is 27.0. The molecule has 0 bridgehead atoms. The van der Waals surface area contributed by atoms with Crippen LogP contribution in [0.1, 0.15) is 27.8 Å². The summed E-state index contributed by atoms with van der Waals surface area (Å²) >= 11 is 7.43. The van der Waals surface area contributed by atoms with Crippen molar-refractivity contribution in [3.8, 4) is 11.5 Å². The molecule has 0 atom stereocenters. The van der Waals surface area contributed by atoms with Gasteiger partial charge in [-0.1, -0.05) is 65.7 Å². The van der Waals surface area contributed by atoms with E-state index in [2.05, 4.69) is 0 Å². The number of hydrogen-bond acceptors (Lipinski definition) is 5. The smallest absolute Gasteiger partial charge is 0.293 e. The van der Waals surface area contributed by atoms with Crippen LogP contribution in [0.5, 0.6) is 11.5 Å². The fourth-order valence-corrected chi connectivity index (χ4v) is 4.66. The Morgan fingerprint density at radius 1 is 1.03 bits per heavy atom.